The first-order chi connectivity index (χ1) is 8.36. The fourth-order valence-corrected chi connectivity index (χ4v) is 1.66. The van der Waals surface area contributed by atoms with Gasteiger partial charge < -0.3 is 16.4 Å². The lowest BCUT2D eigenvalue weighted by molar-refractivity contribution is -0.122. The Bertz CT molecular complexity index is 424. The number of nitrogen functional groups attached to an aromatic ring is 1. The zero-order valence-electron chi connectivity index (χ0n) is 11.7. The molecule has 0 aliphatic rings. The van der Waals surface area contributed by atoms with E-state index in [2.05, 4.69) is 15.7 Å². The van der Waals surface area contributed by atoms with Crippen LogP contribution in [0.2, 0.25) is 0 Å². The molecule has 6 nitrogen and oxygen atoms in total. The molecule has 6 heteroatoms. The highest BCUT2D eigenvalue weighted by molar-refractivity contribution is 5.85. The third-order valence-corrected chi connectivity index (χ3v) is 2.65. The molecule has 102 valence electrons. The van der Waals surface area contributed by atoms with E-state index in [4.69, 9.17) is 5.73 Å². The molecule has 0 saturated heterocycles. The lowest BCUT2D eigenvalue weighted by atomic mass is 10.2. The summed E-state index contributed by atoms with van der Waals surface area (Å²) in [6.45, 7) is 10.2. The number of rotatable bonds is 5. The Morgan fingerprint density at radius 3 is 2.56 bits per heavy atom. The molecule has 1 amide bonds. The largest absolute Gasteiger partial charge is 0.394 e. The monoisotopic (exact) mass is 253 g/mol. The molecule has 0 saturated carbocycles. The molecule has 4 N–H and O–H groups in total. The molecule has 1 unspecified atom stereocenters. The van der Waals surface area contributed by atoms with Gasteiger partial charge in [0.2, 0.25) is 5.91 Å². The number of carbonyl (C=O) groups is 1. The molecule has 0 aliphatic carbocycles. The maximum atomic E-state index is 11.8. The predicted molar refractivity (Wildman–Crippen MR) is 73.4 cm³/mol. The Balaban J connectivity index is 2.81. The Kier molecular flexibility index (Phi) is 4.58. The van der Waals surface area contributed by atoms with Crippen LogP contribution in [0, 0.1) is 6.92 Å². The average Bonchev–Trinajstić information content (AvgIpc) is 2.55. The minimum atomic E-state index is -0.351. The number of hydrogen-bond donors (Lipinski definition) is 3. The van der Waals surface area contributed by atoms with Gasteiger partial charge in [-0.25, -0.2) is 4.68 Å². The van der Waals surface area contributed by atoms with Gasteiger partial charge in [0.1, 0.15) is 11.9 Å². The second-order valence-electron chi connectivity index (χ2n) is 4.69. The molecule has 1 aromatic rings. The first kappa shape index (κ1) is 14.3. The molecule has 1 atom stereocenters. The molecular formula is C12H23N5O. The second-order valence-corrected chi connectivity index (χ2v) is 4.69. The minimum Gasteiger partial charge on any atom is -0.394 e. The van der Waals surface area contributed by atoms with Crippen LogP contribution < -0.4 is 16.4 Å². The molecule has 0 fully saturated rings. The number of nitrogens with zero attached hydrogens (tertiary/aromatic N) is 2. The van der Waals surface area contributed by atoms with Crippen LogP contribution in [0.4, 0.5) is 11.5 Å². The van der Waals surface area contributed by atoms with Gasteiger partial charge in [0.05, 0.1) is 11.4 Å². The van der Waals surface area contributed by atoms with Crippen molar-refractivity contribution < 1.29 is 4.79 Å². The molecule has 1 rings (SSSR count). The molecule has 0 aromatic carbocycles. The van der Waals surface area contributed by atoms with Crippen LogP contribution in [0.5, 0.6) is 0 Å². The normalized spacial score (nSPS) is 12.6. The van der Waals surface area contributed by atoms with Crippen molar-refractivity contribution >= 4 is 17.4 Å². The van der Waals surface area contributed by atoms with Crippen LogP contribution in [-0.4, -0.2) is 27.8 Å². The third kappa shape index (κ3) is 3.15. The lowest BCUT2D eigenvalue weighted by Crippen LogP contribution is -2.41. The quantitative estimate of drug-likeness (QED) is 0.734. The number of nitrogens with two attached hydrogens (primary N) is 1. The van der Waals surface area contributed by atoms with Gasteiger partial charge in [0.15, 0.2) is 0 Å². The summed E-state index contributed by atoms with van der Waals surface area (Å²) in [7, 11) is 0. The summed E-state index contributed by atoms with van der Waals surface area (Å²) < 4.78 is 1.77. The number of carbonyl (C=O) groups excluding carboxylic acids is 1. The number of hydrogen-bond acceptors (Lipinski definition) is 4. The van der Waals surface area contributed by atoms with E-state index in [-0.39, 0.29) is 18.0 Å². The van der Waals surface area contributed by atoms with Crippen molar-refractivity contribution in [1.82, 2.24) is 15.1 Å². The van der Waals surface area contributed by atoms with Gasteiger partial charge in [0, 0.05) is 12.6 Å². The Labute approximate surface area is 108 Å². The Morgan fingerprint density at radius 2 is 2.06 bits per heavy atom. The van der Waals surface area contributed by atoms with Crippen LogP contribution in [0.3, 0.4) is 0 Å². The number of amides is 1. The van der Waals surface area contributed by atoms with Crippen molar-refractivity contribution in [2.75, 3.05) is 11.1 Å². The summed E-state index contributed by atoms with van der Waals surface area (Å²) in [4.78, 5) is 11.8. The van der Waals surface area contributed by atoms with Crippen molar-refractivity contribution in [2.45, 2.75) is 53.2 Å². The van der Waals surface area contributed by atoms with Gasteiger partial charge in [0.25, 0.3) is 0 Å². The summed E-state index contributed by atoms with van der Waals surface area (Å²) in [6, 6.07) is -0.229. The smallest absolute Gasteiger partial charge is 0.242 e. The second kappa shape index (κ2) is 5.75. The van der Waals surface area contributed by atoms with Gasteiger partial charge in [-0.3, -0.25) is 4.79 Å². The minimum absolute atomic E-state index is 0.0501. The fourth-order valence-electron chi connectivity index (χ4n) is 1.66. The fraction of sp³-hybridized carbons (Fsp3) is 0.667. The van der Waals surface area contributed by atoms with E-state index in [0.717, 1.165) is 5.69 Å². The molecule has 0 bridgehead atoms. The zero-order valence-corrected chi connectivity index (χ0v) is 11.7. The van der Waals surface area contributed by atoms with Crippen LogP contribution in [0.15, 0.2) is 0 Å². The van der Waals surface area contributed by atoms with E-state index >= 15 is 0 Å². The standard InChI is InChI=1S/C12H23N5O/c1-6-17-11(10(13)8(4)16-17)15-9(5)12(18)14-7(2)3/h7,9,15H,6,13H2,1-5H3,(H,14,18). The molecule has 1 aromatic heterocycles. The SMILES string of the molecule is CCn1nc(C)c(N)c1NC(C)C(=O)NC(C)C. The van der Waals surface area contributed by atoms with Crippen molar-refractivity contribution in [3.05, 3.63) is 5.69 Å². The molecule has 0 spiro atoms. The maximum absolute atomic E-state index is 11.8. The van der Waals surface area contributed by atoms with Crippen molar-refractivity contribution in [1.29, 1.82) is 0 Å². The number of aryl methyl sites for hydroxylation is 2. The van der Waals surface area contributed by atoms with E-state index in [1.54, 1.807) is 11.6 Å². The van der Waals surface area contributed by atoms with Crippen molar-refractivity contribution in [3.63, 3.8) is 0 Å². The lowest BCUT2D eigenvalue weighted by Gasteiger charge is -2.18. The van der Waals surface area contributed by atoms with E-state index in [9.17, 15) is 4.79 Å². The van der Waals surface area contributed by atoms with E-state index < -0.39 is 0 Å². The number of nitrogens with one attached hydrogen (secondary N) is 2. The first-order valence-electron chi connectivity index (χ1n) is 6.26. The average molecular weight is 253 g/mol. The highest BCUT2D eigenvalue weighted by Gasteiger charge is 2.18. The predicted octanol–water partition coefficient (Wildman–Crippen LogP) is 1.12. The third-order valence-electron chi connectivity index (χ3n) is 2.65. The summed E-state index contributed by atoms with van der Waals surface area (Å²) in [5.41, 5.74) is 7.32. The highest BCUT2D eigenvalue weighted by Crippen LogP contribution is 2.22. The molecule has 0 radical (unpaired) electrons. The van der Waals surface area contributed by atoms with Crippen LogP contribution in [-0.2, 0) is 11.3 Å². The highest BCUT2D eigenvalue weighted by atomic mass is 16.2. The summed E-state index contributed by atoms with van der Waals surface area (Å²) >= 11 is 0. The molecule has 0 aliphatic heterocycles. The Hall–Kier alpha value is -1.72. The molecule has 18 heavy (non-hydrogen) atoms. The van der Waals surface area contributed by atoms with E-state index in [0.29, 0.717) is 18.1 Å². The summed E-state index contributed by atoms with van der Waals surface area (Å²) in [6.07, 6.45) is 0. The van der Waals surface area contributed by atoms with Crippen molar-refractivity contribution in [3.8, 4) is 0 Å². The number of anilines is 2. The molecule has 1 heterocycles. The topological polar surface area (TPSA) is 85.0 Å². The van der Waals surface area contributed by atoms with Gasteiger partial charge in [-0.05, 0) is 34.6 Å². The van der Waals surface area contributed by atoms with Gasteiger partial charge in [-0.2, -0.15) is 5.10 Å². The van der Waals surface area contributed by atoms with Crippen molar-refractivity contribution in [2.24, 2.45) is 0 Å². The van der Waals surface area contributed by atoms with Crippen LogP contribution in [0.1, 0.15) is 33.4 Å². The number of aromatic nitrogens is 2. The maximum Gasteiger partial charge on any atom is 0.242 e. The summed E-state index contributed by atoms with van der Waals surface area (Å²) in [5.74, 6) is 0.660. The molecular weight excluding hydrogens is 230 g/mol. The van der Waals surface area contributed by atoms with E-state index in [1.165, 1.54) is 0 Å². The Morgan fingerprint density at radius 1 is 1.44 bits per heavy atom. The van der Waals surface area contributed by atoms with Gasteiger partial charge >= 0.3 is 0 Å². The summed E-state index contributed by atoms with van der Waals surface area (Å²) in [5, 5.41) is 10.3. The zero-order chi connectivity index (χ0) is 13.9. The van der Waals surface area contributed by atoms with Crippen LogP contribution >= 0.6 is 0 Å². The van der Waals surface area contributed by atoms with Gasteiger partial charge in [-0.1, -0.05) is 0 Å². The van der Waals surface area contributed by atoms with Crippen LogP contribution in [0.25, 0.3) is 0 Å². The first-order valence-corrected chi connectivity index (χ1v) is 6.26. The van der Waals surface area contributed by atoms with E-state index in [1.807, 2.05) is 27.7 Å². The van der Waals surface area contributed by atoms with Gasteiger partial charge in [-0.15, -0.1) is 0 Å².